The minimum Gasteiger partial charge on any atom is -0.492 e. The molecule has 0 atom stereocenters. The van der Waals surface area contributed by atoms with Crippen molar-refractivity contribution >= 4 is 29.9 Å². The quantitative estimate of drug-likeness (QED) is 0.221. The first-order chi connectivity index (χ1) is 13.7. The van der Waals surface area contributed by atoms with Gasteiger partial charge in [-0.15, -0.1) is 24.0 Å². The van der Waals surface area contributed by atoms with Crippen LogP contribution >= 0.6 is 24.0 Å². The summed E-state index contributed by atoms with van der Waals surface area (Å²) in [5, 5.41) is 6.35. The second kappa shape index (κ2) is 11.4. The van der Waals surface area contributed by atoms with Gasteiger partial charge in [0.1, 0.15) is 24.0 Å². The lowest BCUT2D eigenvalue weighted by Gasteiger charge is -2.13. The van der Waals surface area contributed by atoms with Gasteiger partial charge in [-0.05, 0) is 36.8 Å². The van der Waals surface area contributed by atoms with Crippen LogP contribution in [0.25, 0.3) is 5.69 Å². The third kappa shape index (κ3) is 6.45. The van der Waals surface area contributed by atoms with E-state index in [0.29, 0.717) is 31.3 Å². The van der Waals surface area contributed by atoms with Gasteiger partial charge in [0.05, 0.1) is 12.2 Å². The molecule has 0 aliphatic heterocycles. The van der Waals surface area contributed by atoms with Crippen molar-refractivity contribution < 1.29 is 9.13 Å². The fourth-order valence-corrected chi connectivity index (χ4v) is 2.75. The molecule has 0 radical (unpaired) electrons. The van der Waals surface area contributed by atoms with Crippen LogP contribution in [0, 0.1) is 12.7 Å². The first kappa shape index (κ1) is 22.7. The molecule has 6 nitrogen and oxygen atoms in total. The van der Waals surface area contributed by atoms with Crippen molar-refractivity contribution in [1.82, 2.24) is 20.2 Å². The van der Waals surface area contributed by atoms with Gasteiger partial charge in [-0.1, -0.05) is 24.3 Å². The zero-order valence-corrected chi connectivity index (χ0v) is 18.8. The average molecular weight is 509 g/mol. The number of aliphatic imine (C=N–C) groups is 1. The van der Waals surface area contributed by atoms with Crippen LogP contribution in [0.4, 0.5) is 4.39 Å². The Morgan fingerprint density at radius 2 is 1.97 bits per heavy atom. The molecular formula is C21H25FIN5O. The zero-order chi connectivity index (χ0) is 19.8. The molecule has 0 aliphatic carbocycles. The number of guanidine groups is 1. The molecule has 2 aromatic carbocycles. The van der Waals surface area contributed by atoms with Gasteiger partial charge in [-0.2, -0.15) is 0 Å². The van der Waals surface area contributed by atoms with Gasteiger partial charge in [0.15, 0.2) is 5.96 Å². The topological polar surface area (TPSA) is 63.5 Å². The Labute approximate surface area is 187 Å². The van der Waals surface area contributed by atoms with Crippen molar-refractivity contribution in [3.63, 3.8) is 0 Å². The number of hydrogen-bond donors (Lipinski definition) is 2. The molecule has 0 unspecified atom stereocenters. The first-order valence-corrected chi connectivity index (χ1v) is 9.08. The summed E-state index contributed by atoms with van der Waals surface area (Å²) in [4.78, 5) is 8.30. The van der Waals surface area contributed by atoms with E-state index < -0.39 is 0 Å². The summed E-state index contributed by atoms with van der Waals surface area (Å²) in [5.74, 6) is 1.91. The number of benzene rings is 2. The van der Waals surface area contributed by atoms with E-state index in [4.69, 9.17) is 4.74 Å². The van der Waals surface area contributed by atoms with Crippen molar-refractivity contribution in [1.29, 1.82) is 0 Å². The van der Waals surface area contributed by atoms with Crippen LogP contribution < -0.4 is 15.4 Å². The summed E-state index contributed by atoms with van der Waals surface area (Å²) in [6, 6.07) is 14.8. The molecule has 0 amide bonds. The van der Waals surface area contributed by atoms with Crippen LogP contribution in [0.3, 0.4) is 0 Å². The van der Waals surface area contributed by atoms with E-state index in [1.807, 2.05) is 43.3 Å². The lowest BCUT2D eigenvalue weighted by Crippen LogP contribution is -2.38. The smallest absolute Gasteiger partial charge is 0.191 e. The van der Waals surface area contributed by atoms with Crippen LogP contribution in [-0.4, -0.2) is 35.7 Å². The van der Waals surface area contributed by atoms with Crippen molar-refractivity contribution in [2.75, 3.05) is 20.2 Å². The number of imidazole rings is 1. The molecule has 8 heteroatoms. The fourth-order valence-electron chi connectivity index (χ4n) is 2.75. The van der Waals surface area contributed by atoms with Gasteiger partial charge in [-0.25, -0.2) is 9.37 Å². The molecule has 1 heterocycles. The van der Waals surface area contributed by atoms with Gasteiger partial charge in [0, 0.05) is 26.0 Å². The molecule has 29 heavy (non-hydrogen) atoms. The van der Waals surface area contributed by atoms with E-state index in [-0.39, 0.29) is 29.8 Å². The normalized spacial score (nSPS) is 10.9. The highest BCUT2D eigenvalue weighted by Gasteiger charge is 2.08. The van der Waals surface area contributed by atoms with E-state index >= 15 is 0 Å². The Balaban J connectivity index is 0.00000300. The highest BCUT2D eigenvalue weighted by molar-refractivity contribution is 14.0. The number of para-hydroxylation sites is 1. The maximum Gasteiger partial charge on any atom is 0.191 e. The number of halogens is 2. The Bertz CT molecular complexity index is 930. The van der Waals surface area contributed by atoms with Crippen LogP contribution in [0.2, 0.25) is 0 Å². The van der Waals surface area contributed by atoms with Gasteiger partial charge in [0.25, 0.3) is 0 Å². The third-order valence-electron chi connectivity index (χ3n) is 4.19. The molecule has 0 saturated heterocycles. The monoisotopic (exact) mass is 509 g/mol. The molecule has 0 bridgehead atoms. The van der Waals surface area contributed by atoms with Crippen molar-refractivity contribution in [2.45, 2.75) is 13.5 Å². The minimum absolute atomic E-state index is 0. The molecule has 3 aromatic rings. The number of nitrogens with one attached hydrogen (secondary N) is 2. The lowest BCUT2D eigenvalue weighted by molar-refractivity contribution is 0.322. The Kier molecular flexibility index (Phi) is 8.91. The van der Waals surface area contributed by atoms with Crippen molar-refractivity contribution in [3.8, 4) is 11.4 Å². The SMILES string of the molecule is CN=C(NCCOc1ccccc1)NCc1ccc(-n2ccnc2C)c(F)c1.I. The lowest BCUT2D eigenvalue weighted by atomic mass is 10.2. The van der Waals surface area contributed by atoms with E-state index in [1.165, 1.54) is 6.07 Å². The molecule has 3 rings (SSSR count). The second-order valence-electron chi connectivity index (χ2n) is 6.14. The standard InChI is InChI=1S/C21H24FN5O.HI/c1-16-24-10-12-27(16)20-9-8-17(14-19(20)22)15-26-21(23-2)25-11-13-28-18-6-4-3-5-7-18;/h3-10,12,14H,11,13,15H2,1-2H3,(H2,23,25,26);1H. The molecule has 2 N–H and O–H groups in total. The van der Waals surface area contributed by atoms with Crippen LogP contribution in [0.15, 0.2) is 65.9 Å². The maximum atomic E-state index is 14.5. The molecule has 0 aliphatic rings. The Morgan fingerprint density at radius 3 is 2.62 bits per heavy atom. The number of aromatic nitrogens is 2. The molecule has 154 valence electrons. The summed E-state index contributed by atoms with van der Waals surface area (Å²) >= 11 is 0. The molecule has 0 saturated carbocycles. The Hall–Kier alpha value is -2.62. The predicted octanol–water partition coefficient (Wildman–Crippen LogP) is 3.68. The van der Waals surface area contributed by atoms with Crippen molar-refractivity contribution in [3.05, 3.63) is 78.1 Å². The number of ether oxygens (including phenoxy) is 1. The largest absolute Gasteiger partial charge is 0.492 e. The maximum absolute atomic E-state index is 14.5. The highest BCUT2D eigenvalue weighted by atomic mass is 127. The summed E-state index contributed by atoms with van der Waals surface area (Å²) in [6.07, 6.45) is 3.40. The van der Waals surface area contributed by atoms with E-state index in [0.717, 1.165) is 17.1 Å². The zero-order valence-electron chi connectivity index (χ0n) is 16.4. The predicted molar refractivity (Wildman–Crippen MR) is 124 cm³/mol. The summed E-state index contributed by atoms with van der Waals surface area (Å²) in [5.41, 5.74) is 1.31. The summed E-state index contributed by atoms with van der Waals surface area (Å²) in [6.45, 7) is 3.41. The molecule has 1 aromatic heterocycles. The summed E-state index contributed by atoms with van der Waals surface area (Å²) < 4.78 is 21.8. The highest BCUT2D eigenvalue weighted by Crippen LogP contribution is 2.16. The van der Waals surface area contributed by atoms with Gasteiger partial charge in [-0.3, -0.25) is 4.99 Å². The number of nitrogens with zero attached hydrogens (tertiary/aromatic N) is 3. The average Bonchev–Trinajstić information content (AvgIpc) is 3.14. The van der Waals surface area contributed by atoms with E-state index in [2.05, 4.69) is 20.6 Å². The van der Waals surface area contributed by atoms with Crippen LogP contribution in [0.1, 0.15) is 11.4 Å². The number of hydrogen-bond acceptors (Lipinski definition) is 3. The van der Waals surface area contributed by atoms with E-state index in [1.54, 1.807) is 30.1 Å². The van der Waals surface area contributed by atoms with Crippen molar-refractivity contribution in [2.24, 2.45) is 4.99 Å². The van der Waals surface area contributed by atoms with Crippen LogP contribution in [0.5, 0.6) is 5.75 Å². The number of aryl methyl sites for hydroxylation is 1. The first-order valence-electron chi connectivity index (χ1n) is 9.08. The van der Waals surface area contributed by atoms with Gasteiger partial charge < -0.3 is 19.9 Å². The second-order valence-corrected chi connectivity index (χ2v) is 6.14. The third-order valence-corrected chi connectivity index (χ3v) is 4.19. The minimum atomic E-state index is -0.292. The molecule has 0 fully saturated rings. The van der Waals surface area contributed by atoms with Gasteiger partial charge >= 0.3 is 0 Å². The summed E-state index contributed by atoms with van der Waals surface area (Å²) in [7, 11) is 1.69. The fraction of sp³-hybridized carbons (Fsp3) is 0.238. The van der Waals surface area contributed by atoms with Crippen LogP contribution in [-0.2, 0) is 6.54 Å². The molecular weight excluding hydrogens is 484 g/mol. The molecule has 0 spiro atoms. The Morgan fingerprint density at radius 1 is 1.17 bits per heavy atom. The number of rotatable bonds is 7. The van der Waals surface area contributed by atoms with E-state index in [9.17, 15) is 4.39 Å². The van der Waals surface area contributed by atoms with Gasteiger partial charge in [0.2, 0.25) is 0 Å².